The lowest BCUT2D eigenvalue weighted by Gasteiger charge is -2.10. The molecule has 3 aromatic rings. The normalized spacial score (nSPS) is 11.2. The molecule has 0 radical (unpaired) electrons. The summed E-state index contributed by atoms with van der Waals surface area (Å²) < 4.78 is 33.4. The van der Waals surface area contributed by atoms with Crippen molar-refractivity contribution in [3.8, 4) is 0 Å². The number of aromatic nitrogens is 4. The molecule has 0 aliphatic rings. The molecule has 0 unspecified atom stereocenters. The van der Waals surface area contributed by atoms with Crippen molar-refractivity contribution in [2.24, 2.45) is 0 Å². The molecule has 0 spiro atoms. The summed E-state index contributed by atoms with van der Waals surface area (Å²) in [6.07, 6.45) is 1.49. The number of carbonyl (C=O) groups excluding carboxylic acids is 2. The Balaban J connectivity index is 1.75. The molecular formula is C19H15F2N5O3. The third-order valence-electron chi connectivity index (χ3n) is 3.73. The smallest absolute Gasteiger partial charge is 0.357 e. The Morgan fingerprint density at radius 3 is 2.41 bits per heavy atom. The number of aryl methyl sites for hydroxylation is 1. The second-order valence-electron chi connectivity index (χ2n) is 5.80. The molecule has 148 valence electrons. The van der Waals surface area contributed by atoms with Crippen molar-refractivity contribution in [2.75, 3.05) is 11.9 Å². The van der Waals surface area contributed by atoms with Gasteiger partial charge < -0.3 is 10.1 Å². The molecule has 1 heterocycles. The first-order chi connectivity index (χ1) is 14.0. The number of anilines is 1. The molecule has 3 rings (SSSR count). The van der Waals surface area contributed by atoms with Crippen LogP contribution in [0.25, 0.3) is 11.8 Å². The lowest BCUT2D eigenvalue weighted by atomic mass is 10.2. The van der Waals surface area contributed by atoms with E-state index in [0.29, 0.717) is 11.4 Å². The van der Waals surface area contributed by atoms with Gasteiger partial charge in [-0.1, -0.05) is 36.4 Å². The van der Waals surface area contributed by atoms with Gasteiger partial charge in [-0.25, -0.2) is 13.6 Å². The quantitative estimate of drug-likeness (QED) is 0.505. The van der Waals surface area contributed by atoms with Crippen LogP contribution >= 0.6 is 0 Å². The highest BCUT2D eigenvalue weighted by Crippen LogP contribution is 2.18. The van der Waals surface area contributed by atoms with Gasteiger partial charge in [0.1, 0.15) is 17.3 Å². The molecule has 2 aromatic carbocycles. The summed E-state index contributed by atoms with van der Waals surface area (Å²) in [4.78, 5) is 24.5. The van der Waals surface area contributed by atoms with Crippen molar-refractivity contribution in [3.05, 3.63) is 71.6 Å². The van der Waals surface area contributed by atoms with Crippen LogP contribution < -0.4 is 5.32 Å². The van der Waals surface area contributed by atoms with E-state index in [0.717, 1.165) is 22.9 Å². The number of nitrogens with one attached hydrogen (secondary N) is 1. The largest absolute Gasteiger partial charge is 0.451 e. The summed E-state index contributed by atoms with van der Waals surface area (Å²) in [7, 11) is 0. The average molecular weight is 399 g/mol. The fraction of sp³-hybridized carbons (Fsp3) is 0.105. The summed E-state index contributed by atoms with van der Waals surface area (Å²) in [6.45, 7) is 0.819. The van der Waals surface area contributed by atoms with E-state index in [4.69, 9.17) is 4.74 Å². The lowest BCUT2D eigenvalue weighted by Crippen LogP contribution is -2.24. The monoisotopic (exact) mass is 399 g/mol. The Morgan fingerprint density at radius 1 is 1.10 bits per heavy atom. The predicted molar refractivity (Wildman–Crippen MR) is 99.1 cm³/mol. The fourth-order valence-electron chi connectivity index (χ4n) is 2.37. The van der Waals surface area contributed by atoms with E-state index in [2.05, 4.69) is 15.5 Å². The van der Waals surface area contributed by atoms with Crippen LogP contribution in [0, 0.1) is 18.6 Å². The molecule has 0 saturated heterocycles. The maximum Gasteiger partial charge on any atom is 0.357 e. The molecule has 1 amide bonds. The van der Waals surface area contributed by atoms with E-state index in [1.165, 1.54) is 6.08 Å². The summed E-state index contributed by atoms with van der Waals surface area (Å²) >= 11 is 0. The highest BCUT2D eigenvalue weighted by molar-refractivity contribution is 6.15. The topological polar surface area (TPSA) is 99.0 Å². The van der Waals surface area contributed by atoms with Gasteiger partial charge in [0.05, 0.1) is 0 Å². The van der Waals surface area contributed by atoms with Crippen LogP contribution in [0.3, 0.4) is 0 Å². The highest BCUT2D eigenvalue weighted by Gasteiger charge is 2.20. The molecule has 0 bridgehead atoms. The number of para-hydroxylation sites is 1. The number of amides is 1. The van der Waals surface area contributed by atoms with Crippen LogP contribution in [0.1, 0.15) is 11.4 Å². The highest BCUT2D eigenvalue weighted by atomic mass is 19.1. The van der Waals surface area contributed by atoms with Crippen LogP contribution in [0.5, 0.6) is 0 Å². The minimum atomic E-state index is -0.946. The fourth-order valence-corrected chi connectivity index (χ4v) is 2.37. The standard InChI is InChI=1S/C19H15F2N5O3/c1-12-23-24-25-26(12)16(10-13-6-3-2-4-7-13)19(28)29-11-17(27)22-18-14(20)8-5-9-15(18)21/h2-10H,11H2,1H3,(H,22,27)/b16-10-. The maximum absolute atomic E-state index is 13.6. The van der Waals surface area contributed by atoms with Gasteiger partial charge in [-0.15, -0.1) is 5.10 Å². The number of halogens is 2. The molecule has 0 atom stereocenters. The third-order valence-corrected chi connectivity index (χ3v) is 3.73. The number of tetrazole rings is 1. The summed E-state index contributed by atoms with van der Waals surface area (Å²) in [5.74, 6) is -3.37. The van der Waals surface area contributed by atoms with Gasteiger partial charge in [-0.2, -0.15) is 4.68 Å². The predicted octanol–water partition coefficient (Wildman–Crippen LogP) is 2.44. The summed E-state index contributed by atoms with van der Waals surface area (Å²) in [5.41, 5.74) is 0.0146. The maximum atomic E-state index is 13.6. The minimum absolute atomic E-state index is 0.0384. The molecule has 0 aliphatic heterocycles. The molecule has 10 heteroatoms. The number of hydrogen-bond acceptors (Lipinski definition) is 6. The van der Waals surface area contributed by atoms with E-state index in [1.54, 1.807) is 31.2 Å². The molecule has 8 nitrogen and oxygen atoms in total. The number of carbonyl (C=O) groups is 2. The second kappa shape index (κ2) is 8.83. The van der Waals surface area contributed by atoms with E-state index in [-0.39, 0.29) is 5.70 Å². The van der Waals surface area contributed by atoms with E-state index in [1.807, 2.05) is 11.4 Å². The lowest BCUT2D eigenvalue weighted by molar-refractivity contribution is -0.141. The molecule has 0 fully saturated rings. The van der Waals surface area contributed by atoms with Crippen LogP contribution in [0.15, 0.2) is 48.5 Å². The Morgan fingerprint density at radius 2 is 1.79 bits per heavy atom. The van der Waals surface area contributed by atoms with Crippen LogP contribution in [0.2, 0.25) is 0 Å². The van der Waals surface area contributed by atoms with Crippen molar-refractivity contribution in [1.82, 2.24) is 20.2 Å². The number of hydrogen-bond donors (Lipinski definition) is 1. The molecule has 1 aromatic heterocycles. The van der Waals surface area contributed by atoms with Crippen LogP contribution in [0.4, 0.5) is 14.5 Å². The van der Waals surface area contributed by atoms with Gasteiger partial charge in [-0.05, 0) is 41.1 Å². The van der Waals surface area contributed by atoms with Crippen molar-refractivity contribution in [3.63, 3.8) is 0 Å². The first kappa shape index (κ1) is 19.8. The Bertz CT molecular complexity index is 1050. The van der Waals surface area contributed by atoms with Gasteiger partial charge in [0.25, 0.3) is 5.91 Å². The first-order valence-corrected chi connectivity index (χ1v) is 8.39. The minimum Gasteiger partial charge on any atom is -0.451 e. The van der Waals surface area contributed by atoms with Crippen LogP contribution in [-0.4, -0.2) is 38.7 Å². The number of benzene rings is 2. The molecule has 0 aliphatic carbocycles. The second-order valence-corrected chi connectivity index (χ2v) is 5.80. The Labute approximate surface area is 163 Å². The zero-order chi connectivity index (χ0) is 20.8. The number of rotatable bonds is 6. The summed E-state index contributed by atoms with van der Waals surface area (Å²) in [6, 6.07) is 12.0. The first-order valence-electron chi connectivity index (χ1n) is 8.39. The number of nitrogens with zero attached hydrogens (tertiary/aromatic N) is 4. The van der Waals surface area contributed by atoms with Crippen LogP contribution in [-0.2, 0) is 14.3 Å². The van der Waals surface area contributed by atoms with E-state index >= 15 is 0 Å². The van der Waals surface area contributed by atoms with Gasteiger partial charge in [-0.3, -0.25) is 4.79 Å². The van der Waals surface area contributed by atoms with Crippen molar-refractivity contribution in [2.45, 2.75) is 6.92 Å². The third kappa shape index (κ3) is 4.86. The molecular weight excluding hydrogens is 384 g/mol. The summed E-state index contributed by atoms with van der Waals surface area (Å²) in [5, 5.41) is 13.0. The number of ether oxygens (including phenoxy) is 1. The van der Waals surface area contributed by atoms with Gasteiger partial charge in [0, 0.05) is 0 Å². The van der Waals surface area contributed by atoms with Gasteiger partial charge in [0.2, 0.25) is 0 Å². The average Bonchev–Trinajstić information content (AvgIpc) is 3.13. The zero-order valence-electron chi connectivity index (χ0n) is 15.2. The van der Waals surface area contributed by atoms with Crippen molar-refractivity contribution < 1.29 is 23.1 Å². The van der Waals surface area contributed by atoms with Gasteiger partial charge in [0.15, 0.2) is 18.1 Å². The van der Waals surface area contributed by atoms with Crippen molar-refractivity contribution >= 4 is 29.3 Å². The molecule has 0 saturated carbocycles. The molecule has 29 heavy (non-hydrogen) atoms. The SMILES string of the molecule is Cc1nnnn1/C(=C\c1ccccc1)C(=O)OCC(=O)Nc1c(F)cccc1F. The molecule has 1 N–H and O–H groups in total. The van der Waals surface area contributed by atoms with Crippen molar-refractivity contribution in [1.29, 1.82) is 0 Å². The number of esters is 1. The van der Waals surface area contributed by atoms with Gasteiger partial charge >= 0.3 is 5.97 Å². The van der Waals surface area contributed by atoms with E-state index in [9.17, 15) is 18.4 Å². The Kier molecular flexibility index (Phi) is 6.03. The van der Waals surface area contributed by atoms with E-state index < -0.39 is 35.8 Å². The zero-order valence-corrected chi connectivity index (χ0v) is 15.2. The Hall–Kier alpha value is -3.95.